The van der Waals surface area contributed by atoms with Gasteiger partial charge in [0.1, 0.15) is 5.76 Å². The number of nitrogens with zero attached hydrogens (tertiary/aromatic N) is 4. The van der Waals surface area contributed by atoms with Crippen LogP contribution in [0, 0.1) is 0 Å². The molecule has 0 aliphatic heterocycles. The lowest BCUT2D eigenvalue weighted by Crippen LogP contribution is -2.30. The minimum Gasteiger partial charge on any atom is -0.467 e. The number of hydrogen-bond donors (Lipinski definition) is 1. The fraction of sp³-hybridized carbons (Fsp3) is 0.278. The second-order valence-electron chi connectivity index (χ2n) is 6.68. The maximum Gasteiger partial charge on any atom is 0.328 e. The highest BCUT2D eigenvalue weighted by Gasteiger charge is 2.23. The van der Waals surface area contributed by atoms with E-state index in [1.807, 2.05) is 0 Å². The van der Waals surface area contributed by atoms with Crippen LogP contribution in [0.1, 0.15) is 12.7 Å². The lowest BCUT2D eigenvalue weighted by molar-refractivity contribution is -0.120. The van der Waals surface area contributed by atoms with Crippen molar-refractivity contribution < 1.29 is 22.0 Å². The van der Waals surface area contributed by atoms with Gasteiger partial charge in [0.15, 0.2) is 10.7 Å². The summed E-state index contributed by atoms with van der Waals surface area (Å²) in [5, 5.41) is 10.8. The molecule has 4 aromatic rings. The summed E-state index contributed by atoms with van der Waals surface area (Å²) in [7, 11) is -0.687. The van der Waals surface area contributed by atoms with Gasteiger partial charge < -0.3 is 14.2 Å². The minimum atomic E-state index is -3.62. The summed E-state index contributed by atoms with van der Waals surface area (Å²) >= 11 is 1.19. The first-order chi connectivity index (χ1) is 14.3. The van der Waals surface area contributed by atoms with Crippen molar-refractivity contribution in [3.8, 4) is 0 Å². The first-order valence-corrected chi connectivity index (χ1v) is 11.3. The number of amides is 1. The fourth-order valence-electron chi connectivity index (χ4n) is 2.78. The van der Waals surface area contributed by atoms with Crippen LogP contribution >= 0.6 is 11.8 Å². The smallest absolute Gasteiger partial charge is 0.328 e. The van der Waals surface area contributed by atoms with E-state index in [-0.39, 0.29) is 23.2 Å². The molecule has 3 aromatic heterocycles. The summed E-state index contributed by atoms with van der Waals surface area (Å²) < 4.78 is 38.6. The van der Waals surface area contributed by atoms with Crippen molar-refractivity contribution in [2.75, 3.05) is 14.1 Å². The maximum atomic E-state index is 12.5. The van der Waals surface area contributed by atoms with E-state index in [9.17, 15) is 13.2 Å². The molecule has 4 rings (SSSR count). The van der Waals surface area contributed by atoms with Crippen molar-refractivity contribution in [1.29, 1.82) is 0 Å². The van der Waals surface area contributed by atoms with Gasteiger partial charge in [0.25, 0.3) is 0 Å². The van der Waals surface area contributed by atoms with Crippen molar-refractivity contribution in [1.82, 2.24) is 24.2 Å². The number of hydrogen-bond acceptors (Lipinski definition) is 8. The maximum absolute atomic E-state index is 12.5. The number of rotatable bonds is 7. The third-order valence-corrected chi connectivity index (χ3v) is 7.28. The average Bonchev–Trinajstić information content (AvgIpc) is 3.43. The van der Waals surface area contributed by atoms with Gasteiger partial charge in [0.2, 0.25) is 15.9 Å². The Morgan fingerprint density at radius 1 is 1.30 bits per heavy atom. The highest BCUT2D eigenvalue weighted by Crippen LogP contribution is 2.29. The summed E-state index contributed by atoms with van der Waals surface area (Å²) in [6.07, 6.45) is 1.54. The quantitative estimate of drug-likeness (QED) is 0.426. The molecule has 0 fully saturated rings. The molecule has 1 unspecified atom stereocenters. The average molecular weight is 450 g/mol. The Kier molecular flexibility index (Phi) is 5.30. The third kappa shape index (κ3) is 3.68. The summed E-state index contributed by atoms with van der Waals surface area (Å²) in [4.78, 5) is 12.5. The number of carbonyl (C=O) groups is 1. The van der Waals surface area contributed by atoms with E-state index in [2.05, 4.69) is 15.5 Å². The third-order valence-electron chi connectivity index (χ3n) is 4.42. The SMILES string of the molecule is CC(Sc1nnc2oc3ccc(S(=O)(=O)N(C)C)cc3n12)C(=O)NCc1ccco1. The van der Waals surface area contributed by atoms with Crippen LogP contribution in [0.2, 0.25) is 0 Å². The van der Waals surface area contributed by atoms with Gasteiger partial charge >= 0.3 is 5.84 Å². The molecule has 0 saturated heterocycles. The molecule has 30 heavy (non-hydrogen) atoms. The molecule has 0 aliphatic carbocycles. The lowest BCUT2D eigenvalue weighted by atomic mass is 10.3. The van der Waals surface area contributed by atoms with E-state index < -0.39 is 15.3 Å². The molecule has 0 radical (unpaired) electrons. The second-order valence-corrected chi connectivity index (χ2v) is 10.1. The van der Waals surface area contributed by atoms with Crippen LogP contribution in [-0.4, -0.2) is 52.6 Å². The van der Waals surface area contributed by atoms with Crippen molar-refractivity contribution in [3.05, 3.63) is 42.4 Å². The van der Waals surface area contributed by atoms with Gasteiger partial charge in [-0.2, -0.15) is 0 Å². The standard InChI is InChI=1S/C18H19N5O5S2/c1-11(16(24)19-10-12-5-4-8-27-12)29-18-21-20-17-23(18)14-9-13(6-7-15(14)28-17)30(25,26)22(2)3/h4-9,11H,10H2,1-3H3,(H,19,24). The molecule has 1 amide bonds. The Labute approximate surface area is 176 Å². The van der Waals surface area contributed by atoms with E-state index in [0.29, 0.717) is 22.0 Å². The molecule has 0 spiro atoms. The van der Waals surface area contributed by atoms with Gasteiger partial charge in [0, 0.05) is 14.1 Å². The van der Waals surface area contributed by atoms with Crippen LogP contribution in [0.4, 0.5) is 0 Å². The normalized spacial score (nSPS) is 13.3. The number of fused-ring (bicyclic) bond motifs is 3. The van der Waals surface area contributed by atoms with Crippen LogP contribution in [0.3, 0.4) is 0 Å². The van der Waals surface area contributed by atoms with Gasteiger partial charge in [-0.1, -0.05) is 16.9 Å². The Balaban J connectivity index is 1.62. The van der Waals surface area contributed by atoms with Gasteiger partial charge in [-0.25, -0.2) is 17.1 Å². The molecule has 0 saturated carbocycles. The number of aromatic nitrogens is 3. The number of furan rings is 1. The first kappa shape index (κ1) is 20.4. The van der Waals surface area contributed by atoms with E-state index in [1.165, 1.54) is 38.0 Å². The predicted octanol–water partition coefficient (Wildman–Crippen LogP) is 2.12. The van der Waals surface area contributed by atoms with Crippen molar-refractivity contribution in [2.45, 2.75) is 28.8 Å². The Morgan fingerprint density at radius 3 is 2.80 bits per heavy atom. The molecule has 3 heterocycles. The topological polar surface area (TPSA) is 123 Å². The zero-order chi connectivity index (χ0) is 21.5. The minimum absolute atomic E-state index is 0.122. The molecular formula is C18H19N5O5S2. The molecule has 158 valence electrons. The van der Waals surface area contributed by atoms with Crippen LogP contribution in [0.15, 0.2) is 55.5 Å². The number of thioether (sulfide) groups is 1. The largest absolute Gasteiger partial charge is 0.467 e. The number of carbonyl (C=O) groups excluding carboxylic acids is 1. The lowest BCUT2D eigenvalue weighted by Gasteiger charge is -2.11. The molecule has 0 aliphatic rings. The first-order valence-electron chi connectivity index (χ1n) is 8.94. The summed E-state index contributed by atoms with van der Waals surface area (Å²) in [6, 6.07) is 8.09. The number of nitrogens with one attached hydrogen (secondary N) is 1. The monoisotopic (exact) mass is 449 g/mol. The molecule has 0 bridgehead atoms. The Hall–Kier alpha value is -2.83. The van der Waals surface area contributed by atoms with Crippen molar-refractivity contribution in [2.24, 2.45) is 0 Å². The molecule has 1 aromatic carbocycles. The Morgan fingerprint density at radius 2 is 2.10 bits per heavy atom. The van der Waals surface area contributed by atoms with E-state index in [4.69, 9.17) is 8.83 Å². The van der Waals surface area contributed by atoms with Crippen LogP contribution in [0.5, 0.6) is 0 Å². The van der Waals surface area contributed by atoms with Crippen molar-refractivity contribution in [3.63, 3.8) is 0 Å². The Bertz CT molecular complexity index is 1310. The van der Waals surface area contributed by atoms with Gasteiger partial charge in [-0.05, 0) is 37.3 Å². The van der Waals surface area contributed by atoms with Crippen LogP contribution in [0.25, 0.3) is 16.9 Å². The van der Waals surface area contributed by atoms with Gasteiger partial charge in [-0.15, -0.1) is 5.10 Å². The van der Waals surface area contributed by atoms with E-state index in [1.54, 1.807) is 35.8 Å². The molecule has 1 atom stereocenters. The van der Waals surface area contributed by atoms with Crippen molar-refractivity contribution >= 4 is 44.6 Å². The summed E-state index contributed by atoms with van der Waals surface area (Å²) in [6.45, 7) is 2.03. The van der Waals surface area contributed by atoms with Crippen LogP contribution < -0.4 is 5.32 Å². The number of oxazole rings is 1. The second kappa shape index (κ2) is 7.78. The molecule has 1 N–H and O–H groups in total. The molecular weight excluding hydrogens is 430 g/mol. The summed E-state index contributed by atoms with van der Waals surface area (Å²) in [5.74, 6) is 0.674. The highest BCUT2D eigenvalue weighted by atomic mass is 32.2. The highest BCUT2D eigenvalue weighted by molar-refractivity contribution is 8.00. The summed E-state index contributed by atoms with van der Waals surface area (Å²) in [5.41, 5.74) is 0.970. The zero-order valence-electron chi connectivity index (χ0n) is 16.4. The van der Waals surface area contributed by atoms with Crippen LogP contribution in [-0.2, 0) is 21.4 Å². The molecule has 10 nitrogen and oxygen atoms in total. The van der Waals surface area contributed by atoms with E-state index in [0.717, 1.165) is 4.31 Å². The number of sulfonamides is 1. The predicted molar refractivity (Wildman–Crippen MR) is 110 cm³/mol. The number of benzene rings is 1. The zero-order valence-corrected chi connectivity index (χ0v) is 18.0. The van der Waals surface area contributed by atoms with Gasteiger partial charge in [-0.3, -0.25) is 4.79 Å². The fourth-order valence-corrected chi connectivity index (χ4v) is 4.57. The molecule has 12 heteroatoms. The van der Waals surface area contributed by atoms with E-state index >= 15 is 0 Å². The van der Waals surface area contributed by atoms with Gasteiger partial charge in [0.05, 0.1) is 28.5 Å².